The minimum atomic E-state index is -4.47. The summed E-state index contributed by atoms with van der Waals surface area (Å²) in [7, 11) is 1.47. The fourth-order valence-corrected chi connectivity index (χ4v) is 5.44. The zero-order valence-corrected chi connectivity index (χ0v) is 24.5. The average molecular weight is 645 g/mol. The molecular weight excluding hydrogens is 616 g/mol. The zero-order chi connectivity index (χ0) is 33.3. The van der Waals surface area contributed by atoms with Gasteiger partial charge in [-0.05, 0) is 42.3 Å². The van der Waals surface area contributed by atoms with E-state index >= 15 is 4.39 Å². The Kier molecular flexibility index (Phi) is 8.92. The Morgan fingerprint density at radius 3 is 2.59 bits per heavy atom. The minimum absolute atomic E-state index is 0.0144. The molecule has 2 N–H and O–H groups in total. The Balaban J connectivity index is 1.35. The van der Waals surface area contributed by atoms with Crippen molar-refractivity contribution in [2.45, 2.75) is 38.0 Å². The van der Waals surface area contributed by atoms with E-state index < -0.39 is 59.2 Å². The number of aliphatic carboxylic acids is 1. The maximum atomic E-state index is 15.3. The number of aromatic nitrogens is 4. The molecule has 4 heterocycles. The van der Waals surface area contributed by atoms with Crippen LogP contribution in [0.25, 0.3) is 16.7 Å². The summed E-state index contributed by atoms with van der Waals surface area (Å²) >= 11 is 0. The Morgan fingerprint density at radius 1 is 1.17 bits per heavy atom. The van der Waals surface area contributed by atoms with Crippen molar-refractivity contribution in [2.24, 2.45) is 7.05 Å². The van der Waals surface area contributed by atoms with E-state index in [1.807, 2.05) is 0 Å². The van der Waals surface area contributed by atoms with Crippen molar-refractivity contribution in [1.82, 2.24) is 24.4 Å². The second-order valence-corrected chi connectivity index (χ2v) is 10.8. The van der Waals surface area contributed by atoms with Crippen LogP contribution in [0.15, 0.2) is 58.5 Å². The highest BCUT2D eigenvalue weighted by Gasteiger charge is 2.37. The van der Waals surface area contributed by atoms with Gasteiger partial charge in [-0.2, -0.15) is 13.2 Å². The van der Waals surface area contributed by atoms with Gasteiger partial charge in [-0.1, -0.05) is 6.07 Å². The van der Waals surface area contributed by atoms with Gasteiger partial charge in [0, 0.05) is 38.1 Å². The predicted molar refractivity (Wildman–Crippen MR) is 157 cm³/mol. The summed E-state index contributed by atoms with van der Waals surface area (Å²) in [4.78, 5) is 60.5. The molecule has 242 valence electrons. The summed E-state index contributed by atoms with van der Waals surface area (Å²) in [5.41, 5.74) is -0.856. The smallest absolute Gasteiger partial charge is 0.391 e. The topological polar surface area (TPSA) is 149 Å². The molecule has 1 fully saturated rings. The van der Waals surface area contributed by atoms with E-state index in [2.05, 4.69) is 15.3 Å². The summed E-state index contributed by atoms with van der Waals surface area (Å²) in [6.45, 7) is 1.42. The van der Waals surface area contributed by atoms with Gasteiger partial charge in [0.05, 0.1) is 48.3 Å². The van der Waals surface area contributed by atoms with Crippen LogP contribution in [0.1, 0.15) is 27.9 Å². The number of ether oxygens (including phenoxy) is 1. The zero-order valence-electron chi connectivity index (χ0n) is 24.5. The summed E-state index contributed by atoms with van der Waals surface area (Å²) in [5.74, 6) is -3.51. The quantitative estimate of drug-likeness (QED) is 0.276. The van der Waals surface area contributed by atoms with Crippen LogP contribution in [-0.4, -0.2) is 74.1 Å². The molecule has 1 saturated heterocycles. The van der Waals surface area contributed by atoms with Crippen molar-refractivity contribution in [2.75, 3.05) is 24.7 Å². The van der Waals surface area contributed by atoms with Crippen LogP contribution in [0.4, 0.5) is 23.2 Å². The van der Waals surface area contributed by atoms with Crippen molar-refractivity contribution < 1.29 is 37.0 Å². The highest BCUT2D eigenvalue weighted by Crippen LogP contribution is 2.31. The number of nitrogens with zero attached hydrogens (tertiary/aromatic N) is 5. The van der Waals surface area contributed by atoms with Gasteiger partial charge in [0.15, 0.2) is 0 Å². The van der Waals surface area contributed by atoms with Gasteiger partial charge >= 0.3 is 17.8 Å². The molecule has 16 heteroatoms. The van der Waals surface area contributed by atoms with Gasteiger partial charge < -0.3 is 20.1 Å². The molecule has 1 aliphatic heterocycles. The number of hydrogen-bond acceptors (Lipinski definition) is 8. The predicted octanol–water partition coefficient (Wildman–Crippen LogP) is 2.51. The highest BCUT2D eigenvalue weighted by atomic mass is 19.4. The number of rotatable bonds is 8. The Labute approximate surface area is 257 Å². The number of halogens is 4. The first kappa shape index (κ1) is 32.3. The summed E-state index contributed by atoms with van der Waals surface area (Å²) in [6.07, 6.45) is -1.87. The average Bonchev–Trinajstić information content (AvgIpc) is 2.99. The van der Waals surface area contributed by atoms with Crippen LogP contribution in [-0.2, 0) is 23.0 Å². The monoisotopic (exact) mass is 644 g/mol. The molecule has 0 radical (unpaired) electrons. The van der Waals surface area contributed by atoms with Crippen molar-refractivity contribution in [3.63, 3.8) is 0 Å². The van der Waals surface area contributed by atoms with Crippen LogP contribution in [0.5, 0.6) is 0 Å². The van der Waals surface area contributed by atoms with Gasteiger partial charge in [0.25, 0.3) is 11.5 Å². The van der Waals surface area contributed by atoms with Gasteiger partial charge in [-0.15, -0.1) is 0 Å². The molecule has 5 rings (SSSR count). The van der Waals surface area contributed by atoms with Crippen LogP contribution < -0.4 is 21.5 Å². The molecule has 0 unspecified atom stereocenters. The maximum Gasteiger partial charge on any atom is 0.391 e. The molecule has 0 aliphatic carbocycles. The van der Waals surface area contributed by atoms with Gasteiger partial charge in [0.1, 0.15) is 17.7 Å². The molecule has 1 aromatic carbocycles. The second kappa shape index (κ2) is 12.7. The van der Waals surface area contributed by atoms with E-state index in [1.54, 1.807) is 0 Å². The van der Waals surface area contributed by atoms with Crippen LogP contribution in [0.2, 0.25) is 0 Å². The summed E-state index contributed by atoms with van der Waals surface area (Å²) in [6, 6.07) is 3.97. The number of aryl methyl sites for hydroxylation is 2. The van der Waals surface area contributed by atoms with Crippen LogP contribution in [0, 0.1) is 12.7 Å². The number of amides is 1. The van der Waals surface area contributed by atoms with E-state index in [4.69, 9.17) is 4.74 Å². The van der Waals surface area contributed by atoms with Crippen molar-refractivity contribution in [3.05, 3.63) is 92.3 Å². The van der Waals surface area contributed by atoms with Gasteiger partial charge in [-0.3, -0.25) is 19.1 Å². The van der Waals surface area contributed by atoms with E-state index in [1.165, 1.54) is 66.3 Å². The second-order valence-electron chi connectivity index (χ2n) is 10.8. The first-order valence-corrected chi connectivity index (χ1v) is 14.0. The number of anilines is 1. The molecule has 1 amide bonds. The Hall–Kier alpha value is -5.12. The Morgan fingerprint density at radius 2 is 1.93 bits per heavy atom. The number of carbonyl (C=O) groups excluding carboxylic acids is 1. The highest BCUT2D eigenvalue weighted by molar-refractivity contribution is 5.98. The van der Waals surface area contributed by atoms with Crippen LogP contribution >= 0.6 is 0 Å². The molecule has 1 aliphatic rings. The van der Waals surface area contributed by atoms with Crippen molar-refractivity contribution >= 4 is 28.5 Å². The lowest BCUT2D eigenvalue weighted by Crippen LogP contribution is -2.47. The number of carboxylic acids is 1. The molecule has 3 aromatic heterocycles. The largest absolute Gasteiger partial charge is 0.480 e. The fourth-order valence-electron chi connectivity index (χ4n) is 5.44. The third-order valence-electron chi connectivity index (χ3n) is 7.68. The normalized spacial score (nSPS) is 16.0. The summed E-state index contributed by atoms with van der Waals surface area (Å²) < 4.78 is 61.9. The SMILES string of the molecule is Cc1cc(N2CCOC[C@H]2CC(F)(F)F)cc(F)c1C(=O)N[C@@H](Cc1ccc(-n2c(=O)c3ccncc3n(C)c2=O)nc1)C(=O)O. The van der Waals surface area contributed by atoms with E-state index in [9.17, 15) is 37.5 Å². The van der Waals surface area contributed by atoms with Crippen LogP contribution in [0.3, 0.4) is 0 Å². The molecule has 2 atom stereocenters. The molecule has 0 spiro atoms. The lowest BCUT2D eigenvalue weighted by molar-refractivity contribution is -0.143. The van der Waals surface area contributed by atoms with E-state index in [0.29, 0.717) is 11.1 Å². The molecule has 4 aromatic rings. The van der Waals surface area contributed by atoms with E-state index in [0.717, 1.165) is 10.6 Å². The number of alkyl halides is 3. The number of hydrogen-bond donors (Lipinski definition) is 2. The lowest BCUT2D eigenvalue weighted by Gasteiger charge is -2.38. The molecule has 46 heavy (non-hydrogen) atoms. The number of carbonyl (C=O) groups is 2. The molecule has 0 saturated carbocycles. The third-order valence-corrected chi connectivity index (χ3v) is 7.68. The number of morpholine rings is 1. The third kappa shape index (κ3) is 6.61. The number of pyridine rings is 2. The fraction of sp³-hybridized carbons (Fsp3) is 0.333. The van der Waals surface area contributed by atoms with Crippen molar-refractivity contribution in [1.29, 1.82) is 0 Å². The molecule has 0 bridgehead atoms. The van der Waals surface area contributed by atoms with E-state index in [-0.39, 0.29) is 48.6 Å². The number of benzene rings is 1. The van der Waals surface area contributed by atoms with Gasteiger partial charge in [-0.25, -0.2) is 23.5 Å². The number of fused-ring (bicyclic) bond motifs is 1. The summed E-state index contributed by atoms with van der Waals surface area (Å²) in [5, 5.41) is 12.3. The Bertz CT molecular complexity index is 1900. The standard InChI is InChI=1S/C30H28F4N6O6/c1-16-9-18(39-7-8-46-15-19(39)12-30(32,33)34)11-21(31)25(16)26(41)37-22(28(43)44)10-17-3-4-24(36-13-17)40-27(42)20-5-6-35-14-23(20)38(2)29(40)45/h3-6,9,11,13-14,19,22H,7-8,10,12,15H2,1-2H3,(H,37,41)(H,43,44)/t19-,22+/m1/s1. The first-order valence-electron chi connectivity index (χ1n) is 14.0. The maximum absolute atomic E-state index is 15.3. The molecule has 12 nitrogen and oxygen atoms in total. The number of nitrogens with one attached hydrogen (secondary N) is 1. The van der Waals surface area contributed by atoms with Crippen molar-refractivity contribution in [3.8, 4) is 5.82 Å². The minimum Gasteiger partial charge on any atom is -0.480 e. The van der Waals surface area contributed by atoms with Gasteiger partial charge in [0.2, 0.25) is 0 Å². The molecular formula is C30H28F4N6O6. The number of carboxylic acid groups (broad SMARTS) is 1. The first-order chi connectivity index (χ1) is 21.7. The lowest BCUT2D eigenvalue weighted by atomic mass is 10.0.